The molecule has 0 aromatic heterocycles. The smallest absolute Gasteiger partial charge is 0.243 e. The van der Waals surface area contributed by atoms with Gasteiger partial charge in [-0.25, -0.2) is 0 Å². The van der Waals surface area contributed by atoms with Crippen LogP contribution < -0.4 is 24.4 Å². The van der Waals surface area contributed by atoms with Crippen LogP contribution in [0, 0.1) is 0 Å². The summed E-state index contributed by atoms with van der Waals surface area (Å²) in [5.74, 6) is 1.41. The molecule has 6 heteroatoms. The second kappa shape index (κ2) is 8.20. The van der Waals surface area contributed by atoms with Crippen molar-refractivity contribution in [2.75, 3.05) is 38.1 Å². The first-order valence-corrected chi connectivity index (χ1v) is 9.01. The number of para-hydroxylation sites is 1. The first-order chi connectivity index (χ1) is 13.1. The summed E-state index contributed by atoms with van der Waals surface area (Å²) < 4.78 is 16.0. The van der Waals surface area contributed by atoms with E-state index in [1.165, 1.54) is 5.56 Å². The van der Waals surface area contributed by atoms with Gasteiger partial charge in [-0.15, -0.1) is 0 Å². The van der Waals surface area contributed by atoms with E-state index in [-0.39, 0.29) is 12.5 Å². The number of ether oxygens (including phenoxy) is 3. The van der Waals surface area contributed by atoms with E-state index in [9.17, 15) is 4.79 Å². The van der Waals surface area contributed by atoms with Crippen LogP contribution in [0.2, 0.25) is 0 Å². The third kappa shape index (κ3) is 3.94. The molecule has 0 unspecified atom stereocenters. The molecule has 0 radical (unpaired) electrons. The second-order valence-corrected chi connectivity index (χ2v) is 6.61. The van der Waals surface area contributed by atoms with Gasteiger partial charge in [0, 0.05) is 29.5 Å². The standard InChI is InChI=1S/C21H26N2O4/c1-14-9-10-15-7-5-6-8-17(15)23(14)13-20(24)22-16-11-18(25-2)21(27-4)19(12-16)26-3/h5-8,11-12,14H,9-10,13H2,1-4H3,(H,22,24)/t14-/m1/s1. The van der Waals surface area contributed by atoms with Gasteiger partial charge in [-0.3, -0.25) is 4.79 Å². The number of benzene rings is 2. The van der Waals surface area contributed by atoms with Gasteiger partial charge in [0.05, 0.1) is 27.9 Å². The molecule has 0 fully saturated rings. The maximum Gasteiger partial charge on any atom is 0.243 e. The number of methoxy groups -OCH3 is 3. The lowest BCUT2D eigenvalue weighted by molar-refractivity contribution is -0.115. The van der Waals surface area contributed by atoms with Crippen molar-refractivity contribution in [3.63, 3.8) is 0 Å². The number of rotatable bonds is 6. The van der Waals surface area contributed by atoms with Gasteiger partial charge in [-0.2, -0.15) is 0 Å². The van der Waals surface area contributed by atoms with Gasteiger partial charge >= 0.3 is 0 Å². The zero-order valence-corrected chi connectivity index (χ0v) is 16.2. The average Bonchev–Trinajstić information content (AvgIpc) is 2.69. The number of hydrogen-bond acceptors (Lipinski definition) is 5. The highest BCUT2D eigenvalue weighted by Gasteiger charge is 2.24. The van der Waals surface area contributed by atoms with Gasteiger partial charge in [0.15, 0.2) is 11.5 Å². The summed E-state index contributed by atoms with van der Waals surface area (Å²) in [7, 11) is 4.65. The third-order valence-electron chi connectivity index (χ3n) is 4.93. The highest BCUT2D eigenvalue weighted by atomic mass is 16.5. The molecular weight excluding hydrogens is 344 g/mol. The molecule has 0 bridgehead atoms. The Kier molecular flexibility index (Phi) is 5.74. The lowest BCUT2D eigenvalue weighted by Gasteiger charge is -2.36. The highest BCUT2D eigenvalue weighted by Crippen LogP contribution is 2.40. The van der Waals surface area contributed by atoms with E-state index in [0.29, 0.717) is 29.0 Å². The summed E-state index contributed by atoms with van der Waals surface area (Å²) in [6.45, 7) is 2.44. The molecule has 27 heavy (non-hydrogen) atoms. The van der Waals surface area contributed by atoms with Crippen LogP contribution in [0.15, 0.2) is 36.4 Å². The Labute approximate surface area is 160 Å². The van der Waals surface area contributed by atoms with E-state index >= 15 is 0 Å². The van der Waals surface area contributed by atoms with E-state index in [4.69, 9.17) is 14.2 Å². The number of nitrogens with zero attached hydrogens (tertiary/aromatic N) is 1. The molecule has 1 atom stereocenters. The Balaban J connectivity index is 1.78. The molecule has 1 heterocycles. The summed E-state index contributed by atoms with van der Waals surface area (Å²) in [5, 5.41) is 2.95. The highest BCUT2D eigenvalue weighted by molar-refractivity contribution is 5.95. The number of aryl methyl sites for hydroxylation is 1. The predicted octanol–water partition coefficient (Wildman–Crippen LogP) is 3.49. The van der Waals surface area contributed by atoms with Crippen molar-refractivity contribution in [3.05, 3.63) is 42.0 Å². The summed E-state index contributed by atoms with van der Waals surface area (Å²) in [5.41, 5.74) is 3.03. The summed E-state index contributed by atoms with van der Waals surface area (Å²) in [6.07, 6.45) is 2.08. The van der Waals surface area contributed by atoms with Gasteiger partial charge in [-0.05, 0) is 31.4 Å². The van der Waals surface area contributed by atoms with Crippen molar-refractivity contribution in [2.24, 2.45) is 0 Å². The van der Waals surface area contributed by atoms with Crippen LogP contribution >= 0.6 is 0 Å². The Morgan fingerprint density at radius 2 is 1.78 bits per heavy atom. The second-order valence-electron chi connectivity index (χ2n) is 6.61. The Bertz CT molecular complexity index is 797. The van der Waals surface area contributed by atoms with E-state index < -0.39 is 0 Å². The number of carbonyl (C=O) groups is 1. The van der Waals surface area contributed by atoms with Crippen LogP contribution in [0.5, 0.6) is 17.2 Å². The molecule has 1 aliphatic heterocycles. The van der Waals surface area contributed by atoms with E-state index in [1.54, 1.807) is 33.5 Å². The molecule has 0 aliphatic carbocycles. The first kappa shape index (κ1) is 18.9. The zero-order chi connectivity index (χ0) is 19.4. The predicted molar refractivity (Wildman–Crippen MR) is 106 cm³/mol. The van der Waals surface area contributed by atoms with Crippen LogP contribution in [0.4, 0.5) is 11.4 Å². The number of nitrogens with one attached hydrogen (secondary N) is 1. The zero-order valence-electron chi connectivity index (χ0n) is 16.2. The molecule has 1 N–H and O–H groups in total. The molecule has 144 valence electrons. The van der Waals surface area contributed by atoms with Gasteiger partial charge < -0.3 is 24.4 Å². The lowest BCUT2D eigenvalue weighted by atomic mass is 9.96. The Morgan fingerprint density at radius 3 is 2.41 bits per heavy atom. The maximum atomic E-state index is 12.7. The van der Waals surface area contributed by atoms with E-state index in [0.717, 1.165) is 18.5 Å². The number of hydrogen-bond donors (Lipinski definition) is 1. The minimum Gasteiger partial charge on any atom is -0.493 e. The first-order valence-electron chi connectivity index (χ1n) is 9.01. The number of fused-ring (bicyclic) bond motifs is 1. The molecule has 1 amide bonds. The molecule has 0 saturated carbocycles. The molecule has 1 aliphatic rings. The molecule has 2 aromatic carbocycles. The number of carbonyl (C=O) groups excluding carboxylic acids is 1. The minimum absolute atomic E-state index is 0.0900. The number of amides is 1. The topological polar surface area (TPSA) is 60.0 Å². The monoisotopic (exact) mass is 370 g/mol. The summed E-state index contributed by atoms with van der Waals surface area (Å²) >= 11 is 0. The lowest BCUT2D eigenvalue weighted by Crippen LogP contribution is -2.42. The van der Waals surface area contributed by atoms with Crippen molar-refractivity contribution in [1.82, 2.24) is 0 Å². The van der Waals surface area contributed by atoms with Crippen molar-refractivity contribution in [2.45, 2.75) is 25.8 Å². The summed E-state index contributed by atoms with van der Waals surface area (Å²) in [6, 6.07) is 12.0. The van der Waals surface area contributed by atoms with Gasteiger partial charge in [0.25, 0.3) is 0 Å². The van der Waals surface area contributed by atoms with Crippen molar-refractivity contribution in [1.29, 1.82) is 0 Å². The van der Waals surface area contributed by atoms with Crippen molar-refractivity contribution >= 4 is 17.3 Å². The van der Waals surface area contributed by atoms with Crippen molar-refractivity contribution < 1.29 is 19.0 Å². The van der Waals surface area contributed by atoms with Gasteiger partial charge in [0.2, 0.25) is 11.7 Å². The molecule has 0 saturated heterocycles. The van der Waals surface area contributed by atoms with E-state index in [2.05, 4.69) is 29.3 Å². The molecule has 6 nitrogen and oxygen atoms in total. The SMILES string of the molecule is COc1cc(NC(=O)CN2c3ccccc3CC[C@H]2C)cc(OC)c1OC. The van der Waals surface area contributed by atoms with Gasteiger partial charge in [0.1, 0.15) is 0 Å². The average molecular weight is 370 g/mol. The Morgan fingerprint density at radius 1 is 1.11 bits per heavy atom. The Hall–Kier alpha value is -2.89. The van der Waals surface area contributed by atoms with Crippen molar-refractivity contribution in [3.8, 4) is 17.2 Å². The fourth-order valence-electron chi connectivity index (χ4n) is 3.51. The largest absolute Gasteiger partial charge is 0.493 e. The molecular formula is C21H26N2O4. The fraction of sp³-hybridized carbons (Fsp3) is 0.381. The quantitative estimate of drug-likeness (QED) is 0.843. The molecule has 0 spiro atoms. The van der Waals surface area contributed by atoms with Crippen LogP contribution in [0.3, 0.4) is 0 Å². The molecule has 3 rings (SSSR count). The van der Waals surface area contributed by atoms with Crippen LogP contribution in [0.25, 0.3) is 0 Å². The maximum absolute atomic E-state index is 12.7. The van der Waals surface area contributed by atoms with E-state index in [1.807, 2.05) is 12.1 Å². The van der Waals surface area contributed by atoms with Crippen LogP contribution in [-0.2, 0) is 11.2 Å². The van der Waals surface area contributed by atoms with Crippen LogP contribution in [0.1, 0.15) is 18.9 Å². The normalized spacial score (nSPS) is 15.7. The van der Waals surface area contributed by atoms with Crippen LogP contribution in [-0.4, -0.2) is 39.8 Å². The minimum atomic E-state index is -0.0900. The third-order valence-corrected chi connectivity index (χ3v) is 4.93. The fourth-order valence-corrected chi connectivity index (χ4v) is 3.51. The molecule has 2 aromatic rings. The summed E-state index contributed by atoms with van der Waals surface area (Å²) in [4.78, 5) is 14.9. The number of anilines is 2. The van der Waals surface area contributed by atoms with Gasteiger partial charge in [-0.1, -0.05) is 18.2 Å².